The van der Waals surface area contributed by atoms with E-state index >= 15 is 0 Å². The van der Waals surface area contributed by atoms with E-state index in [9.17, 15) is 4.79 Å². The molecule has 0 aliphatic heterocycles. The fourth-order valence-electron chi connectivity index (χ4n) is 2.00. The fraction of sp³-hybridized carbons (Fsp3) is 0.267. The summed E-state index contributed by atoms with van der Waals surface area (Å²) in [5.41, 5.74) is 4.57. The van der Waals surface area contributed by atoms with Crippen molar-refractivity contribution in [1.29, 1.82) is 5.26 Å². The van der Waals surface area contributed by atoms with Gasteiger partial charge in [-0.3, -0.25) is 4.98 Å². The number of rotatable bonds is 3. The number of nitrogens with zero attached hydrogens (tertiary/aromatic N) is 2. The van der Waals surface area contributed by atoms with Gasteiger partial charge in [0.2, 0.25) is 0 Å². The topological polar surface area (TPSA) is 81.6 Å². The minimum atomic E-state index is -0.525. The lowest BCUT2D eigenvalue weighted by atomic mass is 9.99. The maximum Gasteiger partial charge on any atom is 0.347 e. The quantitative estimate of drug-likeness (QED) is 0.894. The lowest BCUT2D eigenvalue weighted by molar-refractivity contribution is 1.01. The molecule has 2 N–H and O–H groups in total. The smallest absolute Gasteiger partial charge is 0.347 e. The molecule has 0 amide bonds. The monoisotopic (exact) mass is 268 g/mol. The summed E-state index contributed by atoms with van der Waals surface area (Å²) < 4.78 is 0. The highest BCUT2D eigenvalue weighted by molar-refractivity contribution is 5.43. The molecule has 2 rings (SSSR count). The van der Waals surface area contributed by atoms with E-state index in [1.807, 2.05) is 6.07 Å². The van der Waals surface area contributed by atoms with Crippen LogP contribution in [-0.2, 0) is 6.54 Å². The van der Waals surface area contributed by atoms with Crippen molar-refractivity contribution < 1.29 is 0 Å². The van der Waals surface area contributed by atoms with E-state index in [2.05, 4.69) is 48.2 Å². The number of aromatic amines is 1. The number of hydrogen-bond donors (Lipinski definition) is 2. The minimum absolute atomic E-state index is 0.198. The fourth-order valence-corrected chi connectivity index (χ4v) is 2.00. The lowest BCUT2D eigenvalue weighted by Gasteiger charge is -2.12. The van der Waals surface area contributed by atoms with Crippen molar-refractivity contribution in [2.24, 2.45) is 0 Å². The molecule has 0 saturated carbocycles. The van der Waals surface area contributed by atoms with Gasteiger partial charge in [-0.15, -0.1) is 0 Å². The van der Waals surface area contributed by atoms with Crippen LogP contribution in [0.4, 0.5) is 5.82 Å². The van der Waals surface area contributed by atoms with Gasteiger partial charge in [0.25, 0.3) is 0 Å². The van der Waals surface area contributed by atoms with E-state index in [1.54, 1.807) is 0 Å². The summed E-state index contributed by atoms with van der Waals surface area (Å²) in [7, 11) is 0. The Balaban J connectivity index is 2.22. The number of aryl methyl sites for hydroxylation is 1. The zero-order valence-corrected chi connectivity index (χ0v) is 11.7. The predicted octanol–water partition coefficient (Wildman–Crippen LogP) is 2.18. The Hall–Kier alpha value is -2.61. The lowest BCUT2D eigenvalue weighted by Crippen LogP contribution is -2.15. The van der Waals surface area contributed by atoms with Gasteiger partial charge < -0.3 is 5.32 Å². The predicted molar refractivity (Wildman–Crippen MR) is 77.6 cm³/mol. The van der Waals surface area contributed by atoms with Crippen LogP contribution in [0.3, 0.4) is 0 Å². The van der Waals surface area contributed by atoms with Gasteiger partial charge in [-0.1, -0.05) is 12.1 Å². The summed E-state index contributed by atoms with van der Waals surface area (Å²) in [5.74, 6) is 0.405. The molecule has 0 spiro atoms. The molecule has 5 nitrogen and oxygen atoms in total. The summed E-state index contributed by atoms with van der Waals surface area (Å²) >= 11 is 0. The standard InChI is InChI=1S/C15H16N4O/c1-9-4-5-12(11(3)10(9)2)8-17-14-6-13(7-16)18-15(20)19-14/h4-6H,8H2,1-3H3,(H2,17,18,19,20). The van der Waals surface area contributed by atoms with Crippen LogP contribution in [0.1, 0.15) is 27.9 Å². The molecule has 0 aliphatic carbocycles. The van der Waals surface area contributed by atoms with Gasteiger partial charge in [-0.25, -0.2) is 4.79 Å². The summed E-state index contributed by atoms with van der Waals surface area (Å²) in [6.07, 6.45) is 0. The molecule has 0 fully saturated rings. The van der Waals surface area contributed by atoms with Gasteiger partial charge in [0.1, 0.15) is 17.6 Å². The number of hydrogen-bond acceptors (Lipinski definition) is 4. The summed E-state index contributed by atoms with van der Waals surface area (Å²) in [5, 5.41) is 11.9. The highest BCUT2D eigenvalue weighted by Gasteiger charge is 2.05. The number of aromatic nitrogens is 2. The Morgan fingerprint density at radius 1 is 1.30 bits per heavy atom. The van der Waals surface area contributed by atoms with E-state index in [4.69, 9.17) is 5.26 Å². The number of benzene rings is 1. The molecular weight excluding hydrogens is 252 g/mol. The second kappa shape index (κ2) is 5.57. The molecule has 0 saturated heterocycles. The van der Waals surface area contributed by atoms with Crippen molar-refractivity contribution in [2.75, 3.05) is 5.32 Å². The third kappa shape index (κ3) is 2.86. The molecule has 2 aromatic rings. The van der Waals surface area contributed by atoms with Crippen LogP contribution in [0.2, 0.25) is 0 Å². The minimum Gasteiger partial charge on any atom is -0.366 e. The van der Waals surface area contributed by atoms with Crippen LogP contribution >= 0.6 is 0 Å². The summed E-state index contributed by atoms with van der Waals surface area (Å²) in [6.45, 7) is 6.81. The molecular formula is C15H16N4O. The van der Waals surface area contributed by atoms with Crippen LogP contribution in [0.5, 0.6) is 0 Å². The number of nitrogens with one attached hydrogen (secondary N) is 2. The number of nitriles is 1. The van der Waals surface area contributed by atoms with Crippen molar-refractivity contribution in [3.05, 3.63) is 56.6 Å². The molecule has 20 heavy (non-hydrogen) atoms. The number of H-pyrrole nitrogens is 1. The molecule has 1 aromatic heterocycles. The second-order valence-electron chi connectivity index (χ2n) is 4.74. The molecule has 0 aliphatic rings. The van der Waals surface area contributed by atoms with E-state index in [0.717, 1.165) is 5.56 Å². The molecule has 5 heteroatoms. The largest absolute Gasteiger partial charge is 0.366 e. The first-order valence-corrected chi connectivity index (χ1v) is 6.32. The van der Waals surface area contributed by atoms with E-state index in [-0.39, 0.29) is 5.69 Å². The summed E-state index contributed by atoms with van der Waals surface area (Å²) in [4.78, 5) is 17.4. The zero-order valence-electron chi connectivity index (χ0n) is 11.7. The normalized spacial score (nSPS) is 10.1. The second-order valence-corrected chi connectivity index (χ2v) is 4.74. The third-order valence-electron chi connectivity index (χ3n) is 3.50. The summed E-state index contributed by atoms with van der Waals surface area (Å²) in [6, 6.07) is 7.56. The zero-order chi connectivity index (χ0) is 14.7. The first-order chi connectivity index (χ1) is 9.51. The van der Waals surface area contributed by atoms with Crippen LogP contribution in [0, 0.1) is 32.1 Å². The maximum absolute atomic E-state index is 11.3. The van der Waals surface area contributed by atoms with Crippen LogP contribution in [-0.4, -0.2) is 9.97 Å². The Morgan fingerprint density at radius 3 is 2.75 bits per heavy atom. The molecule has 1 heterocycles. The van der Waals surface area contributed by atoms with Gasteiger partial charge in [-0.05, 0) is 43.0 Å². The van der Waals surface area contributed by atoms with Crippen molar-refractivity contribution in [3.63, 3.8) is 0 Å². The van der Waals surface area contributed by atoms with Crippen LogP contribution in [0.25, 0.3) is 0 Å². The Labute approximate surface area is 117 Å². The molecule has 0 bridgehead atoms. The molecule has 102 valence electrons. The Morgan fingerprint density at radius 2 is 2.05 bits per heavy atom. The maximum atomic E-state index is 11.3. The van der Waals surface area contributed by atoms with Crippen LogP contribution < -0.4 is 11.0 Å². The Bertz CT molecular complexity index is 741. The van der Waals surface area contributed by atoms with Gasteiger partial charge in [-0.2, -0.15) is 10.2 Å². The average molecular weight is 268 g/mol. The third-order valence-corrected chi connectivity index (χ3v) is 3.50. The van der Waals surface area contributed by atoms with Gasteiger partial charge >= 0.3 is 5.69 Å². The van der Waals surface area contributed by atoms with Crippen LogP contribution in [0.15, 0.2) is 23.0 Å². The molecule has 0 atom stereocenters. The van der Waals surface area contributed by atoms with Crippen molar-refractivity contribution in [3.8, 4) is 6.07 Å². The van der Waals surface area contributed by atoms with Gasteiger partial charge in [0.15, 0.2) is 0 Å². The van der Waals surface area contributed by atoms with Crippen molar-refractivity contribution in [1.82, 2.24) is 9.97 Å². The van der Waals surface area contributed by atoms with Crippen molar-refractivity contribution >= 4 is 5.82 Å². The molecule has 0 radical (unpaired) electrons. The Kier molecular flexibility index (Phi) is 3.85. The van der Waals surface area contributed by atoms with Gasteiger partial charge in [0.05, 0.1) is 0 Å². The highest BCUT2D eigenvalue weighted by Crippen LogP contribution is 2.18. The number of anilines is 1. The molecule has 0 unspecified atom stereocenters. The van der Waals surface area contributed by atoms with E-state index in [1.165, 1.54) is 22.8 Å². The first kappa shape index (κ1) is 13.8. The van der Waals surface area contributed by atoms with E-state index < -0.39 is 5.69 Å². The first-order valence-electron chi connectivity index (χ1n) is 6.32. The van der Waals surface area contributed by atoms with E-state index in [0.29, 0.717) is 12.4 Å². The molecule has 1 aromatic carbocycles. The average Bonchev–Trinajstić information content (AvgIpc) is 2.43. The van der Waals surface area contributed by atoms with Crippen molar-refractivity contribution in [2.45, 2.75) is 27.3 Å². The SMILES string of the molecule is Cc1ccc(CNc2cc(C#N)[nH]c(=O)n2)c(C)c1C. The van der Waals surface area contributed by atoms with Gasteiger partial charge in [0, 0.05) is 12.6 Å². The highest BCUT2D eigenvalue weighted by atomic mass is 16.1.